The van der Waals surface area contributed by atoms with Crippen molar-refractivity contribution in [3.63, 3.8) is 0 Å². The normalized spacial score (nSPS) is 15.2. The van der Waals surface area contributed by atoms with Crippen molar-refractivity contribution in [3.05, 3.63) is 24.0 Å². The molecular weight excluding hydrogens is 261 g/mol. The third-order valence-corrected chi connectivity index (χ3v) is 3.83. The minimum Gasteiger partial charge on any atom is -0.398 e. The zero-order valence-electron chi connectivity index (χ0n) is 9.31. The predicted molar refractivity (Wildman–Crippen MR) is 62.7 cm³/mol. The molecule has 1 aromatic carbocycles. The molecule has 0 aliphatic heterocycles. The van der Waals surface area contributed by atoms with Crippen molar-refractivity contribution < 1.29 is 17.6 Å². The zero-order valence-corrected chi connectivity index (χ0v) is 10.1. The van der Waals surface area contributed by atoms with Gasteiger partial charge in [0, 0.05) is 6.04 Å². The Hall–Kier alpha value is -1.83. The second kappa shape index (κ2) is 4.45. The molecule has 1 saturated carbocycles. The van der Waals surface area contributed by atoms with Gasteiger partial charge in [0.15, 0.2) is 0 Å². The zero-order chi connectivity index (χ0) is 13.3. The molecule has 98 valence electrons. The van der Waals surface area contributed by atoms with Crippen LogP contribution in [0.1, 0.15) is 12.8 Å². The first-order chi connectivity index (χ1) is 8.40. The summed E-state index contributed by atoms with van der Waals surface area (Å²) in [5.74, 6) is -0.998. The smallest absolute Gasteiger partial charge is 0.328 e. The Kier molecular flexibility index (Phi) is 3.12. The first kappa shape index (κ1) is 12.6. The summed E-state index contributed by atoms with van der Waals surface area (Å²) in [5, 5.41) is 2.43. The van der Waals surface area contributed by atoms with Crippen LogP contribution in [-0.4, -0.2) is 20.5 Å². The lowest BCUT2D eigenvalue weighted by Crippen LogP contribution is -2.40. The van der Waals surface area contributed by atoms with Crippen molar-refractivity contribution in [2.24, 2.45) is 0 Å². The second-order valence-corrected chi connectivity index (χ2v) is 5.63. The molecule has 1 fully saturated rings. The first-order valence-electron chi connectivity index (χ1n) is 5.27. The average molecular weight is 273 g/mol. The number of nitrogens with one attached hydrogen (secondary N) is 2. The Balaban J connectivity index is 2.21. The van der Waals surface area contributed by atoms with Gasteiger partial charge in [0.1, 0.15) is 10.7 Å². The molecule has 0 unspecified atom stereocenters. The molecule has 4 N–H and O–H groups in total. The SMILES string of the molecule is Nc1cccc(F)c1S(=O)(=O)NC(=O)NC1CC1. The van der Waals surface area contributed by atoms with Gasteiger partial charge in [0.2, 0.25) is 0 Å². The average Bonchev–Trinajstić information content (AvgIpc) is 2.99. The van der Waals surface area contributed by atoms with Gasteiger partial charge < -0.3 is 11.1 Å². The summed E-state index contributed by atoms with van der Waals surface area (Å²) < 4.78 is 38.8. The number of urea groups is 1. The standard InChI is InChI=1S/C10H12FN3O3S/c11-7-2-1-3-8(12)9(7)18(16,17)14-10(15)13-6-4-5-6/h1-3,6H,4-5,12H2,(H2,13,14,15). The van der Waals surface area contributed by atoms with Gasteiger partial charge in [0.25, 0.3) is 10.0 Å². The number of benzene rings is 1. The highest BCUT2D eigenvalue weighted by Gasteiger charge is 2.28. The van der Waals surface area contributed by atoms with Crippen LogP contribution in [0.2, 0.25) is 0 Å². The fourth-order valence-electron chi connectivity index (χ4n) is 1.42. The molecule has 18 heavy (non-hydrogen) atoms. The molecule has 0 radical (unpaired) electrons. The van der Waals surface area contributed by atoms with Gasteiger partial charge in [-0.05, 0) is 25.0 Å². The monoisotopic (exact) mass is 273 g/mol. The molecule has 1 aliphatic carbocycles. The van der Waals surface area contributed by atoms with Gasteiger partial charge in [-0.25, -0.2) is 22.3 Å². The van der Waals surface area contributed by atoms with Crippen molar-refractivity contribution in [3.8, 4) is 0 Å². The van der Waals surface area contributed by atoms with Crippen molar-refractivity contribution in [2.75, 3.05) is 5.73 Å². The summed E-state index contributed by atoms with van der Waals surface area (Å²) in [6.07, 6.45) is 1.63. The fraction of sp³-hybridized carbons (Fsp3) is 0.300. The Morgan fingerprint density at radius 2 is 2.06 bits per heavy atom. The Labute approximate surface area is 103 Å². The number of hydrogen-bond donors (Lipinski definition) is 3. The van der Waals surface area contributed by atoms with Crippen molar-refractivity contribution in [1.29, 1.82) is 0 Å². The lowest BCUT2D eigenvalue weighted by Gasteiger charge is -2.10. The highest BCUT2D eigenvalue weighted by atomic mass is 32.2. The Morgan fingerprint density at radius 1 is 1.39 bits per heavy atom. The summed E-state index contributed by atoms with van der Waals surface area (Å²) >= 11 is 0. The lowest BCUT2D eigenvalue weighted by molar-refractivity contribution is 0.245. The van der Waals surface area contributed by atoms with E-state index < -0.39 is 26.8 Å². The van der Waals surface area contributed by atoms with Gasteiger partial charge in [-0.3, -0.25) is 0 Å². The van der Waals surface area contributed by atoms with E-state index in [0.29, 0.717) is 0 Å². The first-order valence-corrected chi connectivity index (χ1v) is 6.76. The second-order valence-electron chi connectivity index (χ2n) is 4.01. The number of halogens is 1. The summed E-state index contributed by atoms with van der Waals surface area (Å²) in [6, 6.07) is 2.62. The molecule has 0 aromatic heterocycles. The van der Waals surface area contributed by atoms with E-state index in [0.717, 1.165) is 18.9 Å². The molecule has 1 aromatic rings. The minimum absolute atomic E-state index is 0.00170. The van der Waals surface area contributed by atoms with Crippen LogP contribution in [0.25, 0.3) is 0 Å². The molecule has 0 saturated heterocycles. The number of nitrogen functional groups attached to an aromatic ring is 1. The predicted octanol–water partition coefficient (Wildman–Crippen LogP) is 0.558. The third-order valence-electron chi connectivity index (χ3n) is 2.41. The molecule has 0 spiro atoms. The van der Waals surface area contributed by atoms with Gasteiger partial charge in [-0.15, -0.1) is 0 Å². The van der Waals surface area contributed by atoms with E-state index in [1.807, 2.05) is 0 Å². The number of rotatable bonds is 3. The van der Waals surface area contributed by atoms with Crippen LogP contribution in [0.5, 0.6) is 0 Å². The van der Waals surface area contributed by atoms with E-state index in [1.165, 1.54) is 12.1 Å². The molecule has 0 heterocycles. The quantitative estimate of drug-likeness (QED) is 0.700. The highest BCUT2D eigenvalue weighted by Crippen LogP contribution is 2.22. The number of carbonyl (C=O) groups excluding carboxylic acids is 1. The fourth-order valence-corrected chi connectivity index (χ4v) is 2.53. The number of nitrogens with two attached hydrogens (primary N) is 1. The van der Waals surface area contributed by atoms with E-state index in [9.17, 15) is 17.6 Å². The van der Waals surface area contributed by atoms with Crippen LogP contribution in [0.4, 0.5) is 14.9 Å². The summed E-state index contributed by atoms with van der Waals surface area (Å²) in [6.45, 7) is 0. The highest BCUT2D eigenvalue weighted by molar-refractivity contribution is 7.90. The molecule has 6 nitrogen and oxygen atoms in total. The molecule has 0 atom stereocenters. The van der Waals surface area contributed by atoms with Crippen LogP contribution in [-0.2, 0) is 10.0 Å². The Morgan fingerprint density at radius 3 is 2.61 bits per heavy atom. The van der Waals surface area contributed by atoms with Gasteiger partial charge in [-0.1, -0.05) is 6.07 Å². The van der Waals surface area contributed by atoms with Crippen LogP contribution in [0.3, 0.4) is 0 Å². The van der Waals surface area contributed by atoms with Crippen LogP contribution in [0, 0.1) is 5.82 Å². The third kappa shape index (κ3) is 2.70. The maximum atomic E-state index is 13.4. The van der Waals surface area contributed by atoms with E-state index >= 15 is 0 Å². The van der Waals surface area contributed by atoms with Crippen molar-refractivity contribution in [1.82, 2.24) is 10.0 Å². The molecular formula is C10H12FN3O3S. The largest absolute Gasteiger partial charge is 0.398 e. The number of sulfonamides is 1. The number of carbonyl (C=O) groups is 1. The summed E-state index contributed by atoms with van der Waals surface area (Å²) in [5.41, 5.74) is 5.16. The summed E-state index contributed by atoms with van der Waals surface area (Å²) in [4.78, 5) is 10.6. The molecule has 0 bridgehead atoms. The van der Waals surface area contributed by atoms with Gasteiger partial charge >= 0.3 is 6.03 Å². The van der Waals surface area contributed by atoms with Crippen LogP contribution in [0.15, 0.2) is 23.1 Å². The molecule has 2 amide bonds. The Bertz CT molecular complexity index is 564. The van der Waals surface area contributed by atoms with E-state index in [4.69, 9.17) is 5.73 Å². The van der Waals surface area contributed by atoms with Gasteiger partial charge in [0.05, 0.1) is 5.69 Å². The number of amides is 2. The number of anilines is 1. The maximum absolute atomic E-state index is 13.4. The van der Waals surface area contributed by atoms with E-state index in [2.05, 4.69) is 5.32 Å². The van der Waals surface area contributed by atoms with Crippen LogP contribution < -0.4 is 15.8 Å². The van der Waals surface area contributed by atoms with E-state index in [1.54, 1.807) is 4.72 Å². The van der Waals surface area contributed by atoms with Crippen molar-refractivity contribution in [2.45, 2.75) is 23.8 Å². The minimum atomic E-state index is -4.30. The topological polar surface area (TPSA) is 101 Å². The van der Waals surface area contributed by atoms with Crippen LogP contribution >= 0.6 is 0 Å². The number of hydrogen-bond acceptors (Lipinski definition) is 4. The lowest BCUT2D eigenvalue weighted by atomic mass is 10.3. The van der Waals surface area contributed by atoms with Crippen molar-refractivity contribution >= 4 is 21.7 Å². The molecule has 8 heteroatoms. The molecule has 1 aliphatic rings. The van der Waals surface area contributed by atoms with Gasteiger partial charge in [-0.2, -0.15) is 0 Å². The maximum Gasteiger partial charge on any atom is 0.328 e. The summed E-state index contributed by atoms with van der Waals surface area (Å²) in [7, 11) is -4.30. The van der Waals surface area contributed by atoms with E-state index in [-0.39, 0.29) is 11.7 Å². The molecule has 2 rings (SSSR count).